The Labute approximate surface area is 356 Å². The normalized spacial score (nSPS) is 14.4. The van der Waals surface area contributed by atoms with Gasteiger partial charge in [0.15, 0.2) is 0 Å². The number of pyridine rings is 1. The van der Waals surface area contributed by atoms with Gasteiger partial charge in [-0.25, -0.2) is 0 Å². The fourth-order valence-corrected chi connectivity index (χ4v) is 7.21. The van der Waals surface area contributed by atoms with E-state index in [1.165, 1.54) is 22.9 Å². The molecule has 9 rings (SSSR count). The van der Waals surface area contributed by atoms with Gasteiger partial charge in [-0.15, -0.1) is 54.1 Å². The second-order valence-electron chi connectivity index (χ2n) is 14.2. The first-order chi connectivity index (χ1) is 30.3. The summed E-state index contributed by atoms with van der Waals surface area (Å²) >= 11 is 0. The summed E-state index contributed by atoms with van der Waals surface area (Å²) in [5.74, 6) is 1.80. The van der Waals surface area contributed by atoms with Gasteiger partial charge in [-0.2, -0.15) is 0 Å². The molecular formula is C51H45IrN3O-2. The molecule has 3 aromatic heterocycles. The zero-order valence-corrected chi connectivity index (χ0v) is 33.8. The van der Waals surface area contributed by atoms with Gasteiger partial charge in [-0.1, -0.05) is 123 Å². The average molecular weight is 917 g/mol. The Morgan fingerprint density at radius 1 is 0.661 bits per heavy atom. The van der Waals surface area contributed by atoms with Crippen molar-refractivity contribution >= 4 is 33.0 Å². The molecule has 56 heavy (non-hydrogen) atoms. The number of aromatic nitrogens is 3. The molecule has 5 heteroatoms. The molecule has 0 aliphatic carbocycles. The smallest absolute Gasteiger partial charge is 0.129 e. The number of benzene rings is 6. The first-order valence-corrected chi connectivity index (χ1v) is 18.4. The van der Waals surface area contributed by atoms with Gasteiger partial charge >= 0.3 is 0 Å². The van der Waals surface area contributed by atoms with E-state index in [-0.39, 0.29) is 42.5 Å². The van der Waals surface area contributed by atoms with Crippen LogP contribution in [0, 0.1) is 32.7 Å². The number of hydrogen-bond donors (Lipinski definition) is 0. The van der Waals surface area contributed by atoms with Crippen molar-refractivity contribution in [2.75, 3.05) is 0 Å². The Bertz CT molecular complexity index is 3110. The molecule has 6 aromatic carbocycles. The zero-order valence-electron chi connectivity index (χ0n) is 40.4. The molecule has 0 aliphatic rings. The number of para-hydroxylation sites is 3. The molecule has 0 fully saturated rings. The van der Waals surface area contributed by atoms with Crippen molar-refractivity contribution in [2.45, 2.75) is 60.1 Å². The van der Waals surface area contributed by atoms with Crippen LogP contribution in [-0.2, 0) is 20.1 Å². The molecule has 1 radical (unpaired) electrons. The van der Waals surface area contributed by atoms with Crippen LogP contribution in [-0.4, -0.2) is 14.5 Å². The van der Waals surface area contributed by atoms with Gasteiger partial charge in [0.2, 0.25) is 0 Å². The molecule has 281 valence electrons. The summed E-state index contributed by atoms with van der Waals surface area (Å²) in [7, 11) is 0. The maximum atomic E-state index is 8.08. The predicted molar refractivity (Wildman–Crippen MR) is 229 cm³/mol. The van der Waals surface area contributed by atoms with Crippen LogP contribution in [0.25, 0.3) is 72.4 Å². The Hall–Kier alpha value is -5.61. The summed E-state index contributed by atoms with van der Waals surface area (Å²) < 4.78 is 79.7. The summed E-state index contributed by atoms with van der Waals surface area (Å²) in [5.41, 5.74) is 8.94. The van der Waals surface area contributed by atoms with Crippen molar-refractivity contribution in [3.05, 3.63) is 174 Å². The van der Waals surface area contributed by atoms with Gasteiger partial charge in [0, 0.05) is 55.3 Å². The molecule has 0 bridgehead atoms. The Balaban J connectivity index is 0.000000200. The molecule has 9 aromatic rings. The van der Waals surface area contributed by atoms with E-state index in [4.69, 9.17) is 21.7 Å². The first kappa shape index (κ1) is 28.7. The van der Waals surface area contributed by atoms with Crippen LogP contribution in [0.1, 0.15) is 79.7 Å². The van der Waals surface area contributed by atoms with Crippen molar-refractivity contribution in [2.24, 2.45) is 0 Å². The third kappa shape index (κ3) is 7.14. The largest absolute Gasteiger partial charge is 0.500 e. The van der Waals surface area contributed by atoms with Crippen LogP contribution in [0.3, 0.4) is 0 Å². The van der Waals surface area contributed by atoms with E-state index in [2.05, 4.69) is 97.9 Å². The molecule has 4 nitrogen and oxygen atoms in total. The summed E-state index contributed by atoms with van der Waals surface area (Å²) in [6, 6.07) is 46.6. The van der Waals surface area contributed by atoms with Gasteiger partial charge in [0.05, 0.1) is 22.4 Å². The first-order valence-electron chi connectivity index (χ1n) is 22.9. The van der Waals surface area contributed by atoms with Gasteiger partial charge in [-0.3, -0.25) is 4.98 Å². The number of rotatable bonds is 6. The molecule has 0 unspecified atom stereocenters. The van der Waals surface area contributed by atoms with E-state index in [1.54, 1.807) is 24.3 Å². The third-order valence-electron chi connectivity index (χ3n) is 9.90. The van der Waals surface area contributed by atoms with E-state index >= 15 is 0 Å². The number of hydrogen-bond acceptors (Lipinski definition) is 3. The van der Waals surface area contributed by atoms with E-state index in [9.17, 15) is 0 Å². The van der Waals surface area contributed by atoms with Crippen LogP contribution >= 0.6 is 0 Å². The average Bonchev–Trinajstić information content (AvgIpc) is 3.84. The number of furan rings is 1. The van der Waals surface area contributed by atoms with Crippen LogP contribution in [0.2, 0.25) is 0 Å². The van der Waals surface area contributed by atoms with Crippen LogP contribution in [0.5, 0.6) is 0 Å². The fourth-order valence-electron chi connectivity index (χ4n) is 7.21. The molecule has 0 N–H and O–H groups in total. The van der Waals surface area contributed by atoms with Gasteiger partial charge in [0.1, 0.15) is 5.58 Å². The second-order valence-corrected chi connectivity index (χ2v) is 14.2. The van der Waals surface area contributed by atoms with Crippen molar-refractivity contribution in [1.82, 2.24) is 14.5 Å². The maximum Gasteiger partial charge on any atom is 0.129 e. The Morgan fingerprint density at radius 2 is 1.38 bits per heavy atom. The third-order valence-corrected chi connectivity index (χ3v) is 9.90. The van der Waals surface area contributed by atoms with E-state index in [0.29, 0.717) is 50.5 Å². The zero-order chi connectivity index (χ0) is 45.7. The van der Waals surface area contributed by atoms with Crippen LogP contribution in [0.15, 0.2) is 138 Å². The van der Waals surface area contributed by atoms with Gasteiger partial charge in [-0.05, 0) is 78.0 Å². The molecule has 0 spiro atoms. The van der Waals surface area contributed by atoms with Crippen LogP contribution in [0.4, 0.5) is 0 Å². The van der Waals surface area contributed by atoms with Crippen LogP contribution < -0.4 is 0 Å². The van der Waals surface area contributed by atoms with E-state index < -0.39 is 20.6 Å². The molecule has 0 aliphatic heterocycles. The Morgan fingerprint density at radius 3 is 2.09 bits per heavy atom. The summed E-state index contributed by atoms with van der Waals surface area (Å²) in [4.78, 5) is 9.25. The number of imidazole rings is 1. The van der Waals surface area contributed by atoms with E-state index in [0.717, 1.165) is 28.6 Å². The molecule has 0 saturated heterocycles. The van der Waals surface area contributed by atoms with Crippen molar-refractivity contribution in [3.63, 3.8) is 0 Å². The maximum absolute atomic E-state index is 8.08. The molecular weight excluding hydrogens is 863 g/mol. The Kier molecular flexibility index (Phi) is 8.34. The molecule has 0 saturated carbocycles. The minimum atomic E-state index is -2.68. The quantitative estimate of drug-likeness (QED) is 0.156. The minimum absolute atomic E-state index is 0. The van der Waals surface area contributed by atoms with Crippen molar-refractivity contribution in [1.29, 1.82) is 0 Å². The van der Waals surface area contributed by atoms with Crippen molar-refractivity contribution < 1.29 is 36.9 Å². The van der Waals surface area contributed by atoms with Crippen molar-refractivity contribution in [3.8, 4) is 39.5 Å². The minimum Gasteiger partial charge on any atom is -0.500 e. The fraction of sp³-hybridized carbons (Fsp3) is 0.176. The second kappa shape index (κ2) is 16.2. The van der Waals surface area contributed by atoms with E-state index in [1.807, 2.05) is 48.5 Å². The summed E-state index contributed by atoms with van der Waals surface area (Å²) in [6.07, 6.45) is 1.06. The SMILES string of the molecule is CC(C)c1cccc(C(C)C)c1-n1c(-c2[c-]cccc2)nc2ccccc21.[2H]C([2H])([2H])c1cnc(-c2[c-]ccc3c2oc2c(-c4ccccc4)c(C([2H])([2H])[2H])ccc23)cc1C([2H])([2H])[2H].[Ir]. The van der Waals surface area contributed by atoms with Gasteiger partial charge in [0.25, 0.3) is 0 Å². The predicted octanol–water partition coefficient (Wildman–Crippen LogP) is 13.8. The summed E-state index contributed by atoms with van der Waals surface area (Å²) in [6.45, 7) is 1.31. The standard InChI is InChI=1S/C26H20NO.C25H25N2.Ir/c1-16-12-13-21-20-10-7-11-22(23-14-17(2)18(3)15-27-23)25(20)28-26(21)24(16)19-8-5-4-6-9-19;1-17(2)20-13-10-14-21(18(3)4)24(20)27-23-16-9-8-15-22(23)26-25(27)19-11-6-5-7-12-19;/h4-10,12-15H,1-3H3;5-11,13-18H,1-4H3;/q2*-1;/i1D3,2D3,3D3;;. The molecule has 3 heterocycles. The molecule has 0 atom stereocenters. The van der Waals surface area contributed by atoms with Gasteiger partial charge < -0.3 is 14.0 Å². The number of nitrogens with zero attached hydrogens (tertiary/aromatic N) is 3. The number of aryl methyl sites for hydroxylation is 3. The topological polar surface area (TPSA) is 43.9 Å². The monoisotopic (exact) mass is 917 g/mol. The number of fused-ring (bicyclic) bond motifs is 4. The molecule has 0 amide bonds. The summed E-state index contributed by atoms with van der Waals surface area (Å²) in [5, 5.41) is 1.34.